The highest BCUT2D eigenvalue weighted by Crippen LogP contribution is 2.28. The molecule has 13 heavy (non-hydrogen) atoms. The van der Waals surface area contributed by atoms with Crippen LogP contribution in [0.15, 0.2) is 17.0 Å². The first-order valence-corrected chi connectivity index (χ1v) is 5.07. The van der Waals surface area contributed by atoms with Crippen molar-refractivity contribution in [1.29, 1.82) is 0 Å². The number of aryl methyl sites for hydroxylation is 1. The van der Waals surface area contributed by atoms with Crippen LogP contribution in [0.4, 0.5) is 0 Å². The third-order valence-corrected chi connectivity index (χ3v) is 2.78. The van der Waals surface area contributed by atoms with Crippen molar-refractivity contribution in [2.45, 2.75) is 12.8 Å². The van der Waals surface area contributed by atoms with Crippen LogP contribution in [0.1, 0.15) is 10.7 Å². The molecule has 0 amide bonds. The van der Waals surface area contributed by atoms with Gasteiger partial charge >= 0.3 is 0 Å². The van der Waals surface area contributed by atoms with Crippen molar-refractivity contribution in [2.24, 2.45) is 0 Å². The van der Waals surface area contributed by atoms with Crippen LogP contribution in [0.3, 0.4) is 0 Å². The zero-order valence-electron chi connectivity index (χ0n) is 6.95. The highest BCUT2D eigenvalue weighted by molar-refractivity contribution is 7.15. The van der Waals surface area contributed by atoms with Crippen LogP contribution in [-0.2, 0) is 5.88 Å². The molecule has 0 aliphatic rings. The second-order valence-corrected chi connectivity index (χ2v) is 4.01. The molecule has 0 fully saturated rings. The molecule has 0 saturated carbocycles. The molecule has 2 aromatic heterocycles. The first-order valence-electron chi connectivity index (χ1n) is 3.72. The number of aromatic nitrogens is 2. The molecule has 5 heteroatoms. The predicted octanol–water partition coefficient (Wildman–Crippen LogP) is 2.85. The predicted molar refractivity (Wildman–Crippen MR) is 51.9 cm³/mol. The van der Waals surface area contributed by atoms with Crippen LogP contribution in [0.2, 0.25) is 0 Å². The Morgan fingerprint density at radius 2 is 2.38 bits per heavy atom. The van der Waals surface area contributed by atoms with E-state index in [2.05, 4.69) is 9.97 Å². The van der Waals surface area contributed by atoms with E-state index in [1.165, 1.54) is 6.39 Å². The third-order valence-electron chi connectivity index (χ3n) is 1.61. The SMILES string of the molecule is Cc1ncc(-c2ocnc2CCl)s1. The topological polar surface area (TPSA) is 38.9 Å². The fourth-order valence-electron chi connectivity index (χ4n) is 1.03. The van der Waals surface area contributed by atoms with Gasteiger partial charge in [-0.15, -0.1) is 22.9 Å². The molecule has 2 heterocycles. The van der Waals surface area contributed by atoms with Crippen LogP contribution >= 0.6 is 22.9 Å². The van der Waals surface area contributed by atoms with Gasteiger partial charge in [0.05, 0.1) is 15.8 Å². The van der Waals surface area contributed by atoms with Crippen molar-refractivity contribution in [3.05, 3.63) is 23.3 Å². The number of nitrogens with zero attached hydrogens (tertiary/aromatic N) is 2. The van der Waals surface area contributed by atoms with Gasteiger partial charge in [0.25, 0.3) is 0 Å². The summed E-state index contributed by atoms with van der Waals surface area (Å²) in [5.74, 6) is 1.10. The number of rotatable bonds is 2. The van der Waals surface area contributed by atoms with Gasteiger partial charge in [0.15, 0.2) is 12.2 Å². The van der Waals surface area contributed by atoms with Crippen LogP contribution in [0.5, 0.6) is 0 Å². The molecule has 0 unspecified atom stereocenters. The zero-order valence-corrected chi connectivity index (χ0v) is 8.52. The normalized spacial score (nSPS) is 10.6. The van der Waals surface area contributed by atoms with E-state index in [9.17, 15) is 0 Å². The minimum atomic E-state index is 0.364. The summed E-state index contributed by atoms with van der Waals surface area (Å²) in [5.41, 5.74) is 0.769. The van der Waals surface area contributed by atoms with Gasteiger partial charge in [0.1, 0.15) is 5.69 Å². The highest BCUT2D eigenvalue weighted by Gasteiger charge is 2.11. The molecule has 0 bridgehead atoms. The number of thiazole rings is 1. The lowest BCUT2D eigenvalue weighted by molar-refractivity contribution is 0.572. The van der Waals surface area contributed by atoms with E-state index >= 15 is 0 Å². The Kier molecular flexibility index (Phi) is 2.33. The number of hydrogen-bond acceptors (Lipinski definition) is 4. The maximum absolute atomic E-state index is 5.69. The average molecular weight is 215 g/mol. The van der Waals surface area contributed by atoms with Crippen molar-refractivity contribution in [3.8, 4) is 10.6 Å². The quantitative estimate of drug-likeness (QED) is 0.722. The maximum atomic E-state index is 5.69. The largest absolute Gasteiger partial charge is 0.442 e. The first-order chi connectivity index (χ1) is 6.31. The molecule has 68 valence electrons. The molecule has 0 atom stereocenters. The molecule has 0 spiro atoms. The minimum absolute atomic E-state index is 0.364. The molecule has 3 nitrogen and oxygen atoms in total. The van der Waals surface area contributed by atoms with Crippen molar-refractivity contribution in [3.63, 3.8) is 0 Å². The number of halogens is 1. The van der Waals surface area contributed by atoms with Crippen molar-refractivity contribution in [2.75, 3.05) is 0 Å². The third kappa shape index (κ3) is 1.59. The Morgan fingerprint density at radius 1 is 1.54 bits per heavy atom. The van der Waals surface area contributed by atoms with E-state index in [0.717, 1.165) is 21.3 Å². The lowest BCUT2D eigenvalue weighted by atomic mass is 10.3. The fourth-order valence-corrected chi connectivity index (χ4v) is 2.01. The smallest absolute Gasteiger partial charge is 0.181 e. The molecule has 0 saturated heterocycles. The summed E-state index contributed by atoms with van der Waals surface area (Å²) in [5, 5.41) is 1.01. The van der Waals surface area contributed by atoms with E-state index < -0.39 is 0 Å². The van der Waals surface area contributed by atoms with Crippen LogP contribution in [0, 0.1) is 6.92 Å². The van der Waals surface area contributed by atoms with Crippen LogP contribution in [0.25, 0.3) is 10.6 Å². The summed E-state index contributed by atoms with van der Waals surface area (Å²) in [7, 11) is 0. The van der Waals surface area contributed by atoms with Crippen LogP contribution in [-0.4, -0.2) is 9.97 Å². The average Bonchev–Trinajstić information content (AvgIpc) is 2.71. The Labute approximate surface area is 84.4 Å². The molecular weight excluding hydrogens is 208 g/mol. The summed E-state index contributed by atoms with van der Waals surface area (Å²) in [4.78, 5) is 9.11. The lowest BCUT2D eigenvalue weighted by Gasteiger charge is -1.90. The van der Waals surface area contributed by atoms with Gasteiger partial charge in [-0.25, -0.2) is 9.97 Å². The summed E-state index contributed by atoms with van der Waals surface area (Å²) >= 11 is 7.26. The van der Waals surface area contributed by atoms with Gasteiger partial charge in [-0.05, 0) is 6.92 Å². The Morgan fingerprint density at radius 3 is 3.00 bits per heavy atom. The minimum Gasteiger partial charge on any atom is -0.442 e. The molecule has 2 aromatic rings. The van der Waals surface area contributed by atoms with Gasteiger partial charge in [0, 0.05) is 6.20 Å². The molecule has 0 N–H and O–H groups in total. The molecule has 0 aliphatic carbocycles. The zero-order chi connectivity index (χ0) is 9.26. The number of oxazole rings is 1. The fraction of sp³-hybridized carbons (Fsp3) is 0.250. The maximum Gasteiger partial charge on any atom is 0.181 e. The number of alkyl halides is 1. The molecule has 2 rings (SSSR count). The second kappa shape index (κ2) is 3.47. The molecular formula is C8H7ClN2OS. The van der Waals surface area contributed by atoms with E-state index in [1.807, 2.05) is 6.92 Å². The van der Waals surface area contributed by atoms with E-state index in [-0.39, 0.29) is 0 Å². The van der Waals surface area contributed by atoms with Gasteiger partial charge in [-0.3, -0.25) is 0 Å². The standard InChI is InChI=1S/C8H7ClN2OS/c1-5-10-3-7(13-5)8-6(2-9)11-4-12-8/h3-4H,2H2,1H3. The van der Waals surface area contributed by atoms with Crippen molar-refractivity contribution in [1.82, 2.24) is 9.97 Å². The van der Waals surface area contributed by atoms with Crippen LogP contribution < -0.4 is 0 Å². The Hall–Kier alpha value is -0.870. The van der Waals surface area contributed by atoms with Gasteiger partial charge in [-0.1, -0.05) is 0 Å². The molecule has 0 aromatic carbocycles. The second-order valence-electron chi connectivity index (χ2n) is 2.51. The van der Waals surface area contributed by atoms with Crippen molar-refractivity contribution < 1.29 is 4.42 Å². The summed E-state index contributed by atoms with van der Waals surface area (Å²) < 4.78 is 5.23. The molecule has 0 radical (unpaired) electrons. The first kappa shape index (κ1) is 8.72. The highest BCUT2D eigenvalue weighted by atomic mass is 35.5. The van der Waals surface area contributed by atoms with Gasteiger partial charge < -0.3 is 4.42 Å². The Bertz CT molecular complexity index is 410. The van der Waals surface area contributed by atoms with Gasteiger partial charge in [0.2, 0.25) is 0 Å². The van der Waals surface area contributed by atoms with E-state index in [0.29, 0.717) is 5.88 Å². The lowest BCUT2D eigenvalue weighted by Crippen LogP contribution is -1.79. The van der Waals surface area contributed by atoms with Crippen molar-refractivity contribution >= 4 is 22.9 Å². The number of hydrogen-bond donors (Lipinski definition) is 0. The summed E-state index contributed by atoms with van der Waals surface area (Å²) in [6.45, 7) is 1.95. The monoisotopic (exact) mass is 214 g/mol. The Balaban J connectivity index is 2.45. The van der Waals surface area contributed by atoms with Gasteiger partial charge in [-0.2, -0.15) is 0 Å². The van der Waals surface area contributed by atoms with E-state index in [4.69, 9.17) is 16.0 Å². The molecule has 0 aliphatic heterocycles. The summed E-state index contributed by atoms with van der Waals surface area (Å²) in [6, 6.07) is 0. The van der Waals surface area contributed by atoms with E-state index in [1.54, 1.807) is 17.5 Å². The summed E-state index contributed by atoms with van der Waals surface area (Å²) in [6.07, 6.45) is 3.18.